The van der Waals surface area contributed by atoms with Gasteiger partial charge >= 0.3 is 0 Å². The lowest BCUT2D eigenvalue weighted by Gasteiger charge is -2.30. The zero-order chi connectivity index (χ0) is 13.4. The fraction of sp³-hybridized carbons (Fsp3) is 0.571. The molecule has 0 fully saturated rings. The van der Waals surface area contributed by atoms with E-state index in [1.165, 1.54) is 0 Å². The van der Waals surface area contributed by atoms with Crippen LogP contribution in [-0.4, -0.2) is 40.1 Å². The summed E-state index contributed by atoms with van der Waals surface area (Å²) in [4.78, 5) is 18.2. The molecule has 1 amide bonds. The molecule has 0 saturated heterocycles. The molecule has 0 bridgehead atoms. The van der Waals surface area contributed by atoms with Crippen LogP contribution < -0.4 is 0 Å². The number of nitrogens with zero attached hydrogens (tertiary/aromatic N) is 2. The lowest BCUT2D eigenvalue weighted by molar-refractivity contribution is -0.133. The van der Waals surface area contributed by atoms with Crippen LogP contribution in [0.1, 0.15) is 32.4 Å². The number of carbonyl (C=O) groups is 1. The standard InChI is InChI=1S/C14H22N2O2/c1-3-13(4-2)16(9-10-17)14(18)11-12-7-5-6-8-15-12/h5-8,13,17H,3-4,9-11H2,1-2H3. The maximum Gasteiger partial charge on any atom is 0.228 e. The summed E-state index contributed by atoms with van der Waals surface area (Å²) in [5, 5.41) is 9.08. The molecule has 0 atom stereocenters. The van der Waals surface area contributed by atoms with E-state index in [2.05, 4.69) is 18.8 Å². The van der Waals surface area contributed by atoms with Crippen LogP contribution in [0.25, 0.3) is 0 Å². The van der Waals surface area contributed by atoms with E-state index in [0.29, 0.717) is 13.0 Å². The molecule has 1 heterocycles. The molecule has 0 spiro atoms. The van der Waals surface area contributed by atoms with E-state index in [4.69, 9.17) is 5.11 Å². The topological polar surface area (TPSA) is 53.4 Å². The summed E-state index contributed by atoms with van der Waals surface area (Å²) in [5.74, 6) is 0.0384. The van der Waals surface area contributed by atoms with E-state index in [0.717, 1.165) is 18.5 Å². The van der Waals surface area contributed by atoms with Crippen molar-refractivity contribution in [2.45, 2.75) is 39.2 Å². The zero-order valence-electron chi connectivity index (χ0n) is 11.2. The van der Waals surface area contributed by atoms with Crippen LogP contribution in [0.5, 0.6) is 0 Å². The summed E-state index contributed by atoms with van der Waals surface area (Å²) in [7, 11) is 0. The minimum atomic E-state index is 0.00442. The normalized spacial score (nSPS) is 10.7. The van der Waals surface area contributed by atoms with Crippen LogP contribution in [0.15, 0.2) is 24.4 Å². The molecule has 18 heavy (non-hydrogen) atoms. The summed E-state index contributed by atoms with van der Waals surface area (Å²) in [6.07, 6.45) is 3.81. The molecule has 1 N–H and O–H groups in total. The second-order valence-electron chi connectivity index (χ2n) is 4.28. The molecule has 1 rings (SSSR count). The number of hydrogen-bond acceptors (Lipinski definition) is 3. The lowest BCUT2D eigenvalue weighted by atomic mass is 10.1. The smallest absolute Gasteiger partial charge is 0.228 e. The van der Waals surface area contributed by atoms with Crippen LogP contribution in [0, 0.1) is 0 Å². The summed E-state index contributed by atoms with van der Waals surface area (Å²) >= 11 is 0. The van der Waals surface area contributed by atoms with Crippen molar-refractivity contribution in [2.24, 2.45) is 0 Å². The number of aliphatic hydroxyl groups is 1. The second kappa shape index (κ2) is 7.82. The van der Waals surface area contributed by atoms with Gasteiger partial charge in [-0.1, -0.05) is 19.9 Å². The molecular formula is C14H22N2O2. The molecule has 1 aromatic rings. The van der Waals surface area contributed by atoms with Gasteiger partial charge in [0.25, 0.3) is 0 Å². The van der Waals surface area contributed by atoms with Gasteiger partial charge < -0.3 is 10.0 Å². The predicted molar refractivity (Wildman–Crippen MR) is 71.1 cm³/mol. The highest BCUT2D eigenvalue weighted by atomic mass is 16.3. The number of hydrogen-bond donors (Lipinski definition) is 1. The van der Waals surface area contributed by atoms with Crippen molar-refractivity contribution in [1.29, 1.82) is 0 Å². The van der Waals surface area contributed by atoms with E-state index < -0.39 is 0 Å². The Morgan fingerprint density at radius 3 is 2.61 bits per heavy atom. The number of rotatable bonds is 7. The number of amides is 1. The van der Waals surface area contributed by atoms with Gasteiger partial charge in [0.2, 0.25) is 5.91 Å². The predicted octanol–water partition coefficient (Wildman–Crippen LogP) is 1.63. The Morgan fingerprint density at radius 2 is 2.11 bits per heavy atom. The number of aromatic nitrogens is 1. The molecule has 0 aliphatic heterocycles. The van der Waals surface area contributed by atoms with Crippen LogP contribution in [0.3, 0.4) is 0 Å². The fourth-order valence-electron chi connectivity index (χ4n) is 2.11. The van der Waals surface area contributed by atoms with Crippen LogP contribution in [0.2, 0.25) is 0 Å². The summed E-state index contributed by atoms with van der Waals surface area (Å²) in [6, 6.07) is 5.76. The Morgan fingerprint density at radius 1 is 1.39 bits per heavy atom. The van der Waals surface area contributed by atoms with Crippen molar-refractivity contribution in [3.8, 4) is 0 Å². The van der Waals surface area contributed by atoms with Gasteiger partial charge in [0.05, 0.1) is 13.0 Å². The molecule has 0 aliphatic carbocycles. The third-order valence-corrected chi connectivity index (χ3v) is 3.10. The van der Waals surface area contributed by atoms with E-state index in [1.54, 1.807) is 11.1 Å². The number of carbonyl (C=O) groups excluding carboxylic acids is 1. The van der Waals surface area contributed by atoms with Gasteiger partial charge in [0.1, 0.15) is 0 Å². The molecule has 1 aromatic heterocycles. The van der Waals surface area contributed by atoms with Gasteiger partial charge in [0, 0.05) is 24.5 Å². The highest BCUT2D eigenvalue weighted by molar-refractivity contribution is 5.78. The van der Waals surface area contributed by atoms with Gasteiger partial charge in [0.15, 0.2) is 0 Å². The van der Waals surface area contributed by atoms with Crippen molar-refractivity contribution < 1.29 is 9.90 Å². The monoisotopic (exact) mass is 250 g/mol. The SMILES string of the molecule is CCC(CC)N(CCO)C(=O)Cc1ccccn1. The Bertz CT molecular complexity index is 350. The molecule has 0 radical (unpaired) electrons. The van der Waals surface area contributed by atoms with Crippen LogP contribution >= 0.6 is 0 Å². The first-order valence-corrected chi connectivity index (χ1v) is 6.53. The quantitative estimate of drug-likeness (QED) is 0.800. The van der Waals surface area contributed by atoms with E-state index in [-0.39, 0.29) is 18.6 Å². The highest BCUT2D eigenvalue weighted by Crippen LogP contribution is 2.10. The number of pyridine rings is 1. The average molecular weight is 250 g/mol. The molecule has 4 heteroatoms. The summed E-state index contributed by atoms with van der Waals surface area (Å²) < 4.78 is 0. The van der Waals surface area contributed by atoms with Gasteiger partial charge in [-0.3, -0.25) is 9.78 Å². The Hall–Kier alpha value is -1.42. The maximum absolute atomic E-state index is 12.2. The fourth-order valence-corrected chi connectivity index (χ4v) is 2.11. The molecule has 0 aliphatic rings. The minimum Gasteiger partial charge on any atom is -0.395 e. The minimum absolute atomic E-state index is 0.00442. The van der Waals surface area contributed by atoms with E-state index >= 15 is 0 Å². The van der Waals surface area contributed by atoms with Crippen molar-refractivity contribution in [3.63, 3.8) is 0 Å². The maximum atomic E-state index is 12.2. The third kappa shape index (κ3) is 4.11. The first kappa shape index (κ1) is 14.6. The highest BCUT2D eigenvalue weighted by Gasteiger charge is 2.20. The first-order valence-electron chi connectivity index (χ1n) is 6.53. The molecule has 0 unspecified atom stereocenters. The summed E-state index contributed by atoms with van der Waals surface area (Å²) in [6.45, 7) is 4.53. The van der Waals surface area contributed by atoms with Gasteiger partial charge in [-0.15, -0.1) is 0 Å². The largest absolute Gasteiger partial charge is 0.395 e. The van der Waals surface area contributed by atoms with Crippen LogP contribution in [0.4, 0.5) is 0 Å². The van der Waals surface area contributed by atoms with Gasteiger partial charge in [-0.05, 0) is 25.0 Å². The Kier molecular flexibility index (Phi) is 6.36. The third-order valence-electron chi connectivity index (χ3n) is 3.10. The van der Waals surface area contributed by atoms with Crippen LogP contribution in [-0.2, 0) is 11.2 Å². The lowest BCUT2D eigenvalue weighted by Crippen LogP contribution is -2.42. The van der Waals surface area contributed by atoms with E-state index in [9.17, 15) is 4.79 Å². The van der Waals surface area contributed by atoms with E-state index in [1.807, 2.05) is 18.2 Å². The van der Waals surface area contributed by atoms with Gasteiger partial charge in [-0.2, -0.15) is 0 Å². The zero-order valence-corrected chi connectivity index (χ0v) is 11.2. The Labute approximate surface area is 109 Å². The average Bonchev–Trinajstić information content (AvgIpc) is 2.40. The molecule has 0 saturated carbocycles. The molecular weight excluding hydrogens is 228 g/mol. The molecule has 100 valence electrons. The Balaban J connectivity index is 2.70. The molecule has 4 nitrogen and oxygen atoms in total. The number of aliphatic hydroxyl groups excluding tert-OH is 1. The van der Waals surface area contributed by atoms with Gasteiger partial charge in [-0.25, -0.2) is 0 Å². The van der Waals surface area contributed by atoms with Crippen molar-refractivity contribution in [3.05, 3.63) is 30.1 Å². The summed E-state index contributed by atoms with van der Waals surface area (Å²) in [5.41, 5.74) is 0.774. The first-order chi connectivity index (χ1) is 8.72. The van der Waals surface area contributed by atoms with Crippen molar-refractivity contribution in [1.82, 2.24) is 9.88 Å². The second-order valence-corrected chi connectivity index (χ2v) is 4.28. The van der Waals surface area contributed by atoms with Crippen molar-refractivity contribution >= 4 is 5.91 Å². The van der Waals surface area contributed by atoms with Crippen molar-refractivity contribution in [2.75, 3.05) is 13.2 Å². The molecule has 0 aromatic carbocycles.